The minimum atomic E-state index is 0.399. The highest BCUT2D eigenvalue weighted by molar-refractivity contribution is 5.83. The minimum absolute atomic E-state index is 0.399. The lowest BCUT2D eigenvalue weighted by Crippen LogP contribution is -2.46. The second-order valence-electron chi connectivity index (χ2n) is 5.84. The molecule has 1 fully saturated rings. The van der Waals surface area contributed by atoms with Crippen molar-refractivity contribution >= 4 is 10.9 Å². The van der Waals surface area contributed by atoms with Crippen molar-refractivity contribution in [3.63, 3.8) is 0 Å². The van der Waals surface area contributed by atoms with Gasteiger partial charge in [0.1, 0.15) is 0 Å². The Bertz CT molecular complexity index is 734. The Kier molecular flexibility index (Phi) is 3.66. The van der Waals surface area contributed by atoms with Crippen LogP contribution in [0.15, 0.2) is 43.0 Å². The maximum Gasteiger partial charge on any atom is 0.0922 e. The summed E-state index contributed by atoms with van der Waals surface area (Å²) in [6.07, 6.45) is 6.77. The number of morpholine rings is 1. The number of imidazole rings is 1. The van der Waals surface area contributed by atoms with Gasteiger partial charge in [-0.2, -0.15) is 0 Å². The van der Waals surface area contributed by atoms with E-state index in [4.69, 9.17) is 4.74 Å². The molecule has 1 unspecified atom stereocenters. The fourth-order valence-electron chi connectivity index (χ4n) is 3.23. The summed E-state index contributed by atoms with van der Waals surface area (Å²) in [5.74, 6) is 0. The molecule has 1 aromatic carbocycles. The predicted molar refractivity (Wildman–Crippen MR) is 85.6 cm³/mol. The van der Waals surface area contributed by atoms with Gasteiger partial charge in [0.15, 0.2) is 0 Å². The maximum atomic E-state index is 5.71. The van der Waals surface area contributed by atoms with E-state index < -0.39 is 0 Å². The lowest BCUT2D eigenvalue weighted by molar-refractivity contribution is -0.0116. The van der Waals surface area contributed by atoms with E-state index in [2.05, 4.69) is 50.3 Å². The van der Waals surface area contributed by atoms with Crippen molar-refractivity contribution in [1.82, 2.24) is 19.9 Å². The summed E-state index contributed by atoms with van der Waals surface area (Å²) < 4.78 is 5.71. The Hall–Kier alpha value is -2.11. The Morgan fingerprint density at radius 1 is 1.27 bits per heavy atom. The number of fused-ring (bicyclic) bond motifs is 1. The van der Waals surface area contributed by atoms with Gasteiger partial charge in [0.2, 0.25) is 0 Å². The molecule has 3 heterocycles. The van der Waals surface area contributed by atoms with Crippen LogP contribution >= 0.6 is 0 Å². The lowest BCUT2D eigenvalue weighted by Gasteiger charge is -2.35. The van der Waals surface area contributed by atoms with Gasteiger partial charge in [-0.1, -0.05) is 18.2 Å². The molecule has 1 aliphatic heterocycles. The summed E-state index contributed by atoms with van der Waals surface area (Å²) in [6, 6.07) is 8.87. The number of rotatable bonds is 4. The Morgan fingerprint density at radius 3 is 3.14 bits per heavy atom. The number of benzene rings is 1. The zero-order valence-electron chi connectivity index (χ0n) is 12.5. The molecule has 0 spiro atoms. The number of nitrogens with one attached hydrogen (secondary N) is 2. The van der Waals surface area contributed by atoms with E-state index in [9.17, 15) is 0 Å². The predicted octanol–water partition coefficient (Wildman–Crippen LogP) is 2.33. The van der Waals surface area contributed by atoms with Crippen molar-refractivity contribution in [1.29, 1.82) is 0 Å². The third kappa shape index (κ3) is 2.65. The molecule has 3 aromatic rings. The van der Waals surface area contributed by atoms with Gasteiger partial charge >= 0.3 is 0 Å². The standard InChI is InChI=1S/C17H20N4O/c1-2-4-17-16(3-1)13(8-19-17)7-15-11-22-6-5-21(15)10-14-9-18-12-20-14/h1-4,8-9,12,15,19H,5-7,10-11H2,(H,18,20). The Morgan fingerprint density at radius 2 is 2.23 bits per heavy atom. The lowest BCUT2D eigenvalue weighted by atomic mass is 10.0. The van der Waals surface area contributed by atoms with E-state index in [0.29, 0.717) is 6.04 Å². The molecule has 4 rings (SSSR count). The molecule has 0 aliphatic carbocycles. The number of hydrogen-bond acceptors (Lipinski definition) is 3. The number of ether oxygens (including phenoxy) is 1. The first-order valence-electron chi connectivity index (χ1n) is 7.74. The quantitative estimate of drug-likeness (QED) is 0.777. The SMILES string of the molecule is c1ccc2c(CC3COCCN3Cc3cnc[nH]3)c[nH]c2c1. The summed E-state index contributed by atoms with van der Waals surface area (Å²) in [7, 11) is 0. The molecular weight excluding hydrogens is 276 g/mol. The Labute approximate surface area is 129 Å². The average molecular weight is 296 g/mol. The third-order valence-electron chi connectivity index (χ3n) is 4.41. The molecule has 1 atom stereocenters. The fraction of sp³-hybridized carbons (Fsp3) is 0.353. The zero-order chi connectivity index (χ0) is 14.8. The molecule has 0 amide bonds. The first-order valence-corrected chi connectivity index (χ1v) is 7.74. The first kappa shape index (κ1) is 13.5. The van der Waals surface area contributed by atoms with Gasteiger partial charge in [-0.25, -0.2) is 4.98 Å². The molecule has 2 N–H and O–H groups in total. The van der Waals surface area contributed by atoms with Crippen LogP contribution in [0.4, 0.5) is 0 Å². The number of H-pyrrole nitrogens is 2. The third-order valence-corrected chi connectivity index (χ3v) is 4.41. The van der Waals surface area contributed by atoms with Crippen LogP contribution in [0.3, 0.4) is 0 Å². The van der Waals surface area contributed by atoms with Crippen molar-refractivity contribution in [2.45, 2.75) is 19.0 Å². The van der Waals surface area contributed by atoms with Gasteiger partial charge in [-0.3, -0.25) is 4.90 Å². The fourth-order valence-corrected chi connectivity index (χ4v) is 3.23. The molecule has 114 valence electrons. The van der Waals surface area contributed by atoms with Crippen LogP contribution in [0.5, 0.6) is 0 Å². The van der Waals surface area contributed by atoms with Crippen LogP contribution < -0.4 is 0 Å². The number of aromatic nitrogens is 3. The smallest absolute Gasteiger partial charge is 0.0922 e. The number of aromatic amines is 2. The highest BCUT2D eigenvalue weighted by Gasteiger charge is 2.24. The van der Waals surface area contributed by atoms with Crippen molar-refractivity contribution in [3.05, 3.63) is 54.2 Å². The molecule has 0 radical (unpaired) electrons. The molecular formula is C17H20N4O. The Balaban J connectivity index is 1.54. The van der Waals surface area contributed by atoms with Crippen LogP contribution in [-0.2, 0) is 17.7 Å². The summed E-state index contributed by atoms with van der Waals surface area (Å²) in [5, 5.41) is 1.31. The van der Waals surface area contributed by atoms with Gasteiger partial charge in [0.25, 0.3) is 0 Å². The molecule has 1 saturated heterocycles. The van der Waals surface area contributed by atoms with Crippen LogP contribution in [0, 0.1) is 0 Å². The van der Waals surface area contributed by atoms with E-state index in [1.165, 1.54) is 16.5 Å². The number of para-hydroxylation sites is 1. The summed E-state index contributed by atoms with van der Waals surface area (Å²) in [4.78, 5) is 13.2. The van der Waals surface area contributed by atoms with Crippen LogP contribution in [0.1, 0.15) is 11.3 Å². The highest BCUT2D eigenvalue weighted by atomic mass is 16.5. The maximum absolute atomic E-state index is 5.71. The number of nitrogens with zero attached hydrogens (tertiary/aromatic N) is 2. The van der Waals surface area contributed by atoms with Crippen LogP contribution in [0.2, 0.25) is 0 Å². The van der Waals surface area contributed by atoms with Gasteiger partial charge < -0.3 is 14.7 Å². The second kappa shape index (κ2) is 5.94. The molecule has 22 heavy (non-hydrogen) atoms. The van der Waals surface area contributed by atoms with Crippen molar-refractivity contribution in [2.75, 3.05) is 19.8 Å². The van der Waals surface area contributed by atoms with Crippen molar-refractivity contribution in [2.24, 2.45) is 0 Å². The monoisotopic (exact) mass is 296 g/mol. The van der Waals surface area contributed by atoms with Crippen molar-refractivity contribution in [3.8, 4) is 0 Å². The zero-order valence-corrected chi connectivity index (χ0v) is 12.5. The van der Waals surface area contributed by atoms with E-state index >= 15 is 0 Å². The second-order valence-corrected chi connectivity index (χ2v) is 5.84. The summed E-state index contributed by atoms with van der Waals surface area (Å²) >= 11 is 0. The van der Waals surface area contributed by atoms with E-state index in [0.717, 1.165) is 38.4 Å². The van der Waals surface area contributed by atoms with Gasteiger partial charge in [0.05, 0.1) is 19.5 Å². The minimum Gasteiger partial charge on any atom is -0.378 e. The molecule has 0 bridgehead atoms. The molecule has 5 heteroatoms. The van der Waals surface area contributed by atoms with Crippen molar-refractivity contribution < 1.29 is 4.74 Å². The normalized spacial score (nSPS) is 19.7. The average Bonchev–Trinajstić information content (AvgIpc) is 3.20. The first-order chi connectivity index (χ1) is 10.9. The largest absolute Gasteiger partial charge is 0.378 e. The van der Waals surface area contributed by atoms with E-state index in [-0.39, 0.29) is 0 Å². The molecule has 0 saturated carbocycles. The van der Waals surface area contributed by atoms with Crippen LogP contribution in [-0.4, -0.2) is 45.7 Å². The van der Waals surface area contributed by atoms with Gasteiger partial charge in [-0.15, -0.1) is 0 Å². The summed E-state index contributed by atoms with van der Waals surface area (Å²) in [6.45, 7) is 3.45. The van der Waals surface area contributed by atoms with E-state index in [1.54, 1.807) is 6.33 Å². The highest BCUT2D eigenvalue weighted by Crippen LogP contribution is 2.22. The van der Waals surface area contributed by atoms with Crippen LogP contribution in [0.25, 0.3) is 10.9 Å². The van der Waals surface area contributed by atoms with E-state index in [1.807, 2.05) is 6.20 Å². The summed E-state index contributed by atoms with van der Waals surface area (Å²) in [5.41, 5.74) is 3.72. The number of hydrogen-bond donors (Lipinski definition) is 2. The van der Waals surface area contributed by atoms with Gasteiger partial charge in [0, 0.05) is 48.1 Å². The molecule has 2 aromatic heterocycles. The topological polar surface area (TPSA) is 56.9 Å². The molecule has 1 aliphatic rings. The van der Waals surface area contributed by atoms with Gasteiger partial charge in [-0.05, 0) is 18.1 Å². The molecule has 5 nitrogen and oxygen atoms in total.